The number of nitrogens with zero attached hydrogens (tertiary/aromatic N) is 3. The van der Waals surface area contributed by atoms with Gasteiger partial charge in [0.05, 0.1) is 34.3 Å². The topological polar surface area (TPSA) is 59.4 Å². The van der Waals surface area contributed by atoms with Crippen molar-refractivity contribution >= 4 is 63.3 Å². The average Bonchev–Trinajstić information content (AvgIpc) is 3.14. The molecule has 1 amide bonds. The van der Waals surface area contributed by atoms with Crippen molar-refractivity contribution in [2.45, 2.75) is 25.8 Å². The standard InChI is InChI=1S/C24H26Cl4N4O2/c1-2-21(24(33)29-6-7-31-8-10-34-11-9-31)32-22-14-19(28)18(27)13-20(22)30-23(32)12-15-16(25)4-3-5-17(15)26/h3-5,13-14,21H,2,6-12H2,1H3,(H,29,33)/t21-/m0/s1. The number of carbonyl (C=O) groups excluding carboxylic acids is 1. The number of rotatable bonds is 8. The molecule has 0 aliphatic carbocycles. The van der Waals surface area contributed by atoms with Crippen LogP contribution in [0.15, 0.2) is 30.3 Å². The third-order valence-electron chi connectivity index (χ3n) is 6.03. The average molecular weight is 544 g/mol. The molecule has 182 valence electrons. The number of aromatic nitrogens is 2. The van der Waals surface area contributed by atoms with Gasteiger partial charge < -0.3 is 14.6 Å². The van der Waals surface area contributed by atoms with E-state index in [0.717, 1.165) is 43.9 Å². The normalized spacial score (nSPS) is 15.6. The Labute approximate surface area is 219 Å². The quantitative estimate of drug-likeness (QED) is 0.399. The molecule has 1 fully saturated rings. The maximum atomic E-state index is 13.3. The van der Waals surface area contributed by atoms with Crippen LogP contribution in [-0.2, 0) is 16.0 Å². The largest absolute Gasteiger partial charge is 0.379 e. The zero-order chi connectivity index (χ0) is 24.2. The van der Waals surface area contributed by atoms with E-state index in [0.29, 0.717) is 50.8 Å². The second-order valence-corrected chi connectivity index (χ2v) is 9.83. The van der Waals surface area contributed by atoms with Gasteiger partial charge in [-0.3, -0.25) is 9.69 Å². The summed E-state index contributed by atoms with van der Waals surface area (Å²) in [6, 6.07) is 8.37. The van der Waals surface area contributed by atoms with E-state index < -0.39 is 6.04 Å². The summed E-state index contributed by atoms with van der Waals surface area (Å²) in [5, 5.41) is 5.00. The molecular weight excluding hydrogens is 518 g/mol. The highest BCUT2D eigenvalue weighted by molar-refractivity contribution is 6.42. The fourth-order valence-electron chi connectivity index (χ4n) is 4.24. The first kappa shape index (κ1) is 25.5. The summed E-state index contributed by atoms with van der Waals surface area (Å²) < 4.78 is 7.32. The van der Waals surface area contributed by atoms with Gasteiger partial charge in [0.25, 0.3) is 0 Å². The maximum Gasteiger partial charge on any atom is 0.243 e. The first-order valence-electron chi connectivity index (χ1n) is 11.3. The number of halogens is 4. The Balaban J connectivity index is 1.65. The molecule has 1 N–H and O–H groups in total. The minimum Gasteiger partial charge on any atom is -0.379 e. The first-order chi connectivity index (χ1) is 16.4. The predicted octanol–water partition coefficient (Wildman–Crippen LogP) is 5.64. The molecule has 0 spiro atoms. The van der Waals surface area contributed by atoms with Crippen LogP contribution in [0.25, 0.3) is 11.0 Å². The SMILES string of the molecule is CC[C@@H](C(=O)NCCN1CCOCC1)n1c(Cc2c(Cl)cccc2Cl)nc2cc(Cl)c(Cl)cc21. The van der Waals surface area contributed by atoms with Crippen LogP contribution in [0, 0.1) is 0 Å². The van der Waals surface area contributed by atoms with Gasteiger partial charge in [-0.15, -0.1) is 0 Å². The van der Waals surface area contributed by atoms with Crippen LogP contribution in [-0.4, -0.2) is 59.8 Å². The van der Waals surface area contributed by atoms with Crippen molar-refractivity contribution in [1.29, 1.82) is 0 Å². The summed E-state index contributed by atoms with van der Waals surface area (Å²) in [6.45, 7) is 6.51. The van der Waals surface area contributed by atoms with Crippen molar-refractivity contribution in [2.24, 2.45) is 0 Å². The summed E-state index contributed by atoms with van der Waals surface area (Å²) in [5.41, 5.74) is 2.15. The fraction of sp³-hybridized carbons (Fsp3) is 0.417. The van der Waals surface area contributed by atoms with E-state index in [9.17, 15) is 4.79 Å². The summed E-state index contributed by atoms with van der Waals surface area (Å²) in [4.78, 5) is 20.4. The van der Waals surface area contributed by atoms with Gasteiger partial charge >= 0.3 is 0 Å². The molecule has 1 atom stereocenters. The Morgan fingerprint density at radius 3 is 2.44 bits per heavy atom. The van der Waals surface area contributed by atoms with Crippen LogP contribution in [0.4, 0.5) is 0 Å². The summed E-state index contributed by atoms with van der Waals surface area (Å²) in [7, 11) is 0. The zero-order valence-electron chi connectivity index (χ0n) is 18.8. The van der Waals surface area contributed by atoms with Gasteiger partial charge in [0, 0.05) is 42.6 Å². The zero-order valence-corrected chi connectivity index (χ0v) is 21.8. The number of nitrogens with one attached hydrogen (secondary N) is 1. The molecule has 1 aromatic heterocycles. The van der Waals surface area contributed by atoms with Crippen molar-refractivity contribution in [3.63, 3.8) is 0 Å². The Hall–Kier alpha value is -1.54. The Morgan fingerprint density at radius 2 is 1.76 bits per heavy atom. The first-order valence-corrected chi connectivity index (χ1v) is 12.8. The molecule has 10 heteroatoms. The van der Waals surface area contributed by atoms with Crippen molar-refractivity contribution in [2.75, 3.05) is 39.4 Å². The third kappa shape index (κ3) is 5.64. The van der Waals surface area contributed by atoms with Gasteiger partial charge in [-0.05, 0) is 36.2 Å². The summed E-state index contributed by atoms with van der Waals surface area (Å²) >= 11 is 25.5. The van der Waals surface area contributed by atoms with Gasteiger partial charge in [0.15, 0.2) is 0 Å². The van der Waals surface area contributed by atoms with E-state index in [-0.39, 0.29) is 5.91 Å². The van der Waals surface area contributed by atoms with Gasteiger partial charge in [0.2, 0.25) is 5.91 Å². The number of amides is 1. The molecule has 1 aliphatic rings. The number of ether oxygens (including phenoxy) is 1. The minimum absolute atomic E-state index is 0.0763. The highest BCUT2D eigenvalue weighted by atomic mass is 35.5. The van der Waals surface area contributed by atoms with Gasteiger partial charge in [-0.25, -0.2) is 4.98 Å². The smallest absolute Gasteiger partial charge is 0.243 e. The minimum atomic E-state index is -0.483. The van der Waals surface area contributed by atoms with Gasteiger partial charge in [0.1, 0.15) is 11.9 Å². The number of hydrogen-bond donors (Lipinski definition) is 1. The lowest BCUT2D eigenvalue weighted by atomic mass is 10.1. The Kier molecular flexibility index (Phi) is 8.61. The van der Waals surface area contributed by atoms with Crippen molar-refractivity contribution < 1.29 is 9.53 Å². The maximum absolute atomic E-state index is 13.3. The summed E-state index contributed by atoms with van der Waals surface area (Å²) in [5.74, 6) is 0.589. The summed E-state index contributed by atoms with van der Waals surface area (Å²) in [6.07, 6.45) is 0.929. The molecular formula is C24H26Cl4N4O2. The highest BCUT2D eigenvalue weighted by Crippen LogP contribution is 2.33. The second kappa shape index (κ2) is 11.5. The number of morpholine rings is 1. The van der Waals surface area contributed by atoms with Crippen molar-refractivity contribution in [1.82, 2.24) is 19.8 Å². The lowest BCUT2D eigenvalue weighted by molar-refractivity contribution is -0.124. The second-order valence-electron chi connectivity index (χ2n) is 8.20. The molecule has 0 radical (unpaired) electrons. The van der Waals surface area contributed by atoms with Gasteiger partial charge in [-0.2, -0.15) is 0 Å². The Morgan fingerprint density at radius 1 is 1.09 bits per heavy atom. The molecule has 4 rings (SSSR count). The highest BCUT2D eigenvalue weighted by Gasteiger charge is 2.26. The molecule has 1 saturated heterocycles. The lowest BCUT2D eigenvalue weighted by Gasteiger charge is -2.27. The molecule has 0 bridgehead atoms. The van der Waals surface area contributed by atoms with Crippen LogP contribution in [0.5, 0.6) is 0 Å². The van der Waals surface area contributed by atoms with Crippen molar-refractivity contribution in [3.8, 4) is 0 Å². The van der Waals surface area contributed by atoms with Crippen LogP contribution < -0.4 is 5.32 Å². The third-order valence-corrected chi connectivity index (χ3v) is 7.46. The molecule has 0 saturated carbocycles. The number of benzene rings is 2. The number of hydrogen-bond acceptors (Lipinski definition) is 4. The lowest BCUT2D eigenvalue weighted by Crippen LogP contribution is -2.42. The molecule has 2 aromatic carbocycles. The van der Waals surface area contributed by atoms with E-state index in [1.54, 1.807) is 30.3 Å². The monoisotopic (exact) mass is 542 g/mol. The van der Waals surface area contributed by atoms with E-state index in [2.05, 4.69) is 10.2 Å². The molecule has 2 heterocycles. The van der Waals surface area contributed by atoms with E-state index in [4.69, 9.17) is 56.1 Å². The van der Waals surface area contributed by atoms with E-state index >= 15 is 0 Å². The van der Waals surface area contributed by atoms with Crippen LogP contribution in [0.1, 0.15) is 30.8 Å². The molecule has 1 aliphatic heterocycles. The van der Waals surface area contributed by atoms with Crippen LogP contribution in [0.3, 0.4) is 0 Å². The van der Waals surface area contributed by atoms with E-state index in [1.165, 1.54) is 0 Å². The molecule has 6 nitrogen and oxygen atoms in total. The molecule has 0 unspecified atom stereocenters. The van der Waals surface area contributed by atoms with E-state index in [1.807, 2.05) is 11.5 Å². The van der Waals surface area contributed by atoms with Crippen molar-refractivity contribution in [3.05, 3.63) is 61.8 Å². The molecule has 34 heavy (non-hydrogen) atoms. The Bertz CT molecular complexity index is 1160. The number of imidazole rings is 1. The van der Waals surface area contributed by atoms with Crippen LogP contribution in [0.2, 0.25) is 20.1 Å². The number of carbonyl (C=O) groups is 1. The fourth-order valence-corrected chi connectivity index (χ4v) is 5.08. The predicted molar refractivity (Wildman–Crippen MR) is 139 cm³/mol. The number of fused-ring (bicyclic) bond motifs is 1. The van der Waals surface area contributed by atoms with Gasteiger partial charge in [-0.1, -0.05) is 59.4 Å². The van der Waals surface area contributed by atoms with Crippen LogP contribution >= 0.6 is 46.4 Å². The molecule has 3 aromatic rings.